The molecule has 4 aromatic carbocycles. The minimum absolute atomic E-state index is 0.0461. The largest absolute Gasteiger partial charge is 0.432 e. The van der Waals surface area contributed by atoms with Crippen LogP contribution < -0.4 is 9.80 Å². The average Bonchev–Trinajstić information content (AvgIpc) is 3.81. The summed E-state index contributed by atoms with van der Waals surface area (Å²) in [5.41, 5.74) is 5.32. The van der Waals surface area contributed by atoms with Crippen molar-refractivity contribution in [1.29, 1.82) is 0 Å². The number of hydrogen-bond donors (Lipinski definition) is 2. The zero-order valence-electron chi connectivity index (χ0n) is 30.6. The molecule has 10 nitrogen and oxygen atoms in total. The Bertz CT molecular complexity index is 2210. The molecule has 2 amide bonds. The maximum atomic E-state index is 15.1. The number of carbonyl (C=O) groups excluding carboxylic acids is 2. The number of amides is 2. The number of anilines is 3. The van der Waals surface area contributed by atoms with E-state index in [2.05, 4.69) is 32.3 Å². The lowest BCUT2D eigenvalue weighted by Gasteiger charge is -2.32. The molecule has 2 N–H and O–H groups in total. The van der Waals surface area contributed by atoms with Gasteiger partial charge in [0.15, 0.2) is 13.9 Å². The highest BCUT2D eigenvalue weighted by Crippen LogP contribution is 2.60. The van der Waals surface area contributed by atoms with Gasteiger partial charge in [-0.1, -0.05) is 88.7 Å². The molecule has 1 aromatic heterocycles. The van der Waals surface area contributed by atoms with Crippen molar-refractivity contribution in [2.45, 2.75) is 75.5 Å². The molecule has 1 fully saturated rings. The highest BCUT2D eigenvalue weighted by molar-refractivity contribution is 9.10. The first-order valence-electron chi connectivity index (χ1n) is 18.6. The first-order valence-corrected chi connectivity index (χ1v) is 22.4. The van der Waals surface area contributed by atoms with Crippen molar-refractivity contribution in [3.05, 3.63) is 136 Å². The van der Waals surface area contributed by atoms with E-state index in [-0.39, 0.29) is 42.3 Å². The van der Waals surface area contributed by atoms with Crippen molar-refractivity contribution in [2.75, 3.05) is 16.4 Å². The second kappa shape index (κ2) is 14.3. The van der Waals surface area contributed by atoms with E-state index < -0.39 is 20.0 Å². The van der Waals surface area contributed by atoms with Crippen LogP contribution in [0.1, 0.15) is 53.6 Å². The van der Waals surface area contributed by atoms with Crippen molar-refractivity contribution < 1.29 is 24.2 Å². The number of aryl methyl sites for hydroxylation is 2. The highest BCUT2D eigenvalue weighted by atomic mass is 79.9. The van der Waals surface area contributed by atoms with E-state index in [1.54, 1.807) is 14.5 Å². The number of benzene rings is 4. The van der Waals surface area contributed by atoms with Crippen LogP contribution in [0.3, 0.4) is 0 Å². The molecule has 1 saturated heterocycles. The third-order valence-electron chi connectivity index (χ3n) is 11.5. The summed E-state index contributed by atoms with van der Waals surface area (Å²) in [6.45, 7) is 6.54. The Kier molecular flexibility index (Phi) is 9.68. The molecule has 0 bridgehead atoms. The number of para-hydroxylation sites is 1. The number of hydrogen-bond acceptors (Lipinski definition) is 7. The van der Waals surface area contributed by atoms with Crippen LogP contribution in [0, 0.1) is 5.92 Å². The van der Waals surface area contributed by atoms with E-state index >= 15 is 4.79 Å². The second-order valence-corrected chi connectivity index (χ2v) is 20.2. The zero-order valence-corrected chi connectivity index (χ0v) is 33.2. The van der Waals surface area contributed by atoms with Crippen LogP contribution in [-0.2, 0) is 39.4 Å². The van der Waals surface area contributed by atoms with Gasteiger partial charge in [0.05, 0.1) is 42.2 Å². The Balaban J connectivity index is 1.08. The molecule has 278 valence electrons. The summed E-state index contributed by atoms with van der Waals surface area (Å²) in [4.78, 5) is 43.7. The van der Waals surface area contributed by atoms with Gasteiger partial charge in [0.25, 0.3) is 5.91 Å². The van der Waals surface area contributed by atoms with Gasteiger partial charge in [-0.2, -0.15) is 0 Å². The average molecular weight is 807 g/mol. The molecule has 3 aliphatic heterocycles. The number of halogens is 1. The molecule has 12 heteroatoms. The molecule has 4 heterocycles. The normalized spacial score (nSPS) is 22.9. The lowest BCUT2D eigenvalue weighted by molar-refractivity contribution is -0.146. The number of aliphatic hydroxyl groups is 1. The first-order chi connectivity index (χ1) is 26.0. The molecule has 0 aliphatic carbocycles. The zero-order chi connectivity index (χ0) is 37.8. The molecular formula is C42H44BrN5O5Si. The number of aromatic nitrogens is 3. The Morgan fingerprint density at radius 2 is 1.74 bits per heavy atom. The van der Waals surface area contributed by atoms with Gasteiger partial charge in [-0.05, 0) is 79.0 Å². The fraction of sp³-hybridized carbons (Fsp3) is 0.333. The number of fused-ring (bicyclic) bond motifs is 3. The first kappa shape index (κ1) is 36.5. The van der Waals surface area contributed by atoms with Crippen molar-refractivity contribution in [1.82, 2.24) is 15.0 Å². The summed E-state index contributed by atoms with van der Waals surface area (Å²) in [5.74, 6) is -0.728. The third kappa shape index (κ3) is 6.33. The van der Waals surface area contributed by atoms with Crippen molar-refractivity contribution in [3.8, 4) is 0 Å². The van der Waals surface area contributed by atoms with Gasteiger partial charge in [0.2, 0.25) is 5.91 Å². The monoisotopic (exact) mass is 805 g/mol. The van der Waals surface area contributed by atoms with E-state index in [4.69, 9.17) is 4.74 Å². The predicted molar refractivity (Wildman–Crippen MR) is 213 cm³/mol. The molecule has 0 saturated carbocycles. The molecule has 5 atom stereocenters. The number of rotatable bonds is 10. The smallest absolute Gasteiger partial charge is 0.264 e. The van der Waals surface area contributed by atoms with Crippen LogP contribution in [0.15, 0.2) is 108 Å². The van der Waals surface area contributed by atoms with Gasteiger partial charge in [0, 0.05) is 46.3 Å². The lowest BCUT2D eigenvalue weighted by atomic mass is 9.82. The summed E-state index contributed by atoms with van der Waals surface area (Å²) in [5, 5.41) is 19.0. The SMILES string of the molecule is C[C@H]1[C@H]([Si](C)(C)O)[C@@H](CCn2cc(C(CO)c3ccccc3)nn2)O[C@]12C(=O)N(Cc1cccc(N3C(=O)CCc4ccccc43)c1)c1ccc(Br)cc12. The molecule has 1 spiro atoms. The number of nitrogens with zero attached hydrogens (tertiary/aromatic N) is 5. The van der Waals surface area contributed by atoms with Crippen LogP contribution in [0.2, 0.25) is 18.6 Å². The van der Waals surface area contributed by atoms with Gasteiger partial charge >= 0.3 is 0 Å². The molecule has 8 rings (SSSR count). The second-order valence-electron chi connectivity index (χ2n) is 15.3. The van der Waals surface area contributed by atoms with Crippen molar-refractivity contribution in [3.63, 3.8) is 0 Å². The van der Waals surface area contributed by atoms with E-state index in [1.807, 2.05) is 117 Å². The van der Waals surface area contributed by atoms with Gasteiger partial charge in [-0.25, -0.2) is 0 Å². The number of aliphatic hydroxyl groups excluding tert-OH is 1. The lowest BCUT2D eigenvalue weighted by Crippen LogP contribution is -2.46. The van der Waals surface area contributed by atoms with E-state index in [1.165, 1.54) is 0 Å². The fourth-order valence-corrected chi connectivity index (χ4v) is 12.0. The van der Waals surface area contributed by atoms with Gasteiger partial charge in [-0.15, -0.1) is 5.10 Å². The van der Waals surface area contributed by atoms with Crippen molar-refractivity contribution in [2.24, 2.45) is 5.92 Å². The van der Waals surface area contributed by atoms with Crippen LogP contribution in [0.25, 0.3) is 0 Å². The van der Waals surface area contributed by atoms with Gasteiger partial charge in [0.1, 0.15) is 0 Å². The molecule has 0 radical (unpaired) electrons. The van der Waals surface area contributed by atoms with Crippen LogP contribution in [-0.4, -0.2) is 57.7 Å². The number of ether oxygens (including phenoxy) is 1. The number of carbonyl (C=O) groups is 2. The summed E-state index contributed by atoms with van der Waals surface area (Å²) in [6, 6.07) is 31.5. The van der Waals surface area contributed by atoms with Gasteiger partial charge in [-0.3, -0.25) is 19.2 Å². The standard InChI is InChI=1S/C42H44BrN5O5Si/c1-27-40(54(2,3)52)38(20-21-46-25-35(44-45-46)33(26-49)29-11-5-4-6-12-29)53-42(27)34-23-31(43)17-18-37(34)47(41(42)51)24-28-10-9-14-32(22-28)48-36-15-8-7-13-30(36)16-19-39(48)50/h4-15,17-18,22-23,25,27,33,38,40,49,52H,16,19-21,24,26H2,1-3H3/t27-,33?,38+,40-,42+/m0/s1. The maximum absolute atomic E-state index is 15.1. The molecule has 1 unspecified atom stereocenters. The summed E-state index contributed by atoms with van der Waals surface area (Å²) < 4.78 is 9.66. The van der Waals surface area contributed by atoms with Crippen LogP contribution >= 0.6 is 15.9 Å². The summed E-state index contributed by atoms with van der Waals surface area (Å²) >= 11 is 3.66. The predicted octanol–water partition coefficient (Wildman–Crippen LogP) is 7.21. The Morgan fingerprint density at radius 3 is 2.52 bits per heavy atom. The minimum Gasteiger partial charge on any atom is -0.432 e. The van der Waals surface area contributed by atoms with E-state index in [0.717, 1.165) is 43.8 Å². The summed E-state index contributed by atoms with van der Waals surface area (Å²) in [7, 11) is -2.89. The molecule has 3 aliphatic rings. The van der Waals surface area contributed by atoms with Crippen molar-refractivity contribution >= 4 is 53.1 Å². The van der Waals surface area contributed by atoms with Crippen LogP contribution in [0.4, 0.5) is 17.1 Å². The maximum Gasteiger partial charge on any atom is 0.264 e. The molecule has 54 heavy (non-hydrogen) atoms. The van der Waals surface area contributed by atoms with E-state index in [9.17, 15) is 14.7 Å². The van der Waals surface area contributed by atoms with Crippen LogP contribution in [0.5, 0.6) is 0 Å². The molecular weight excluding hydrogens is 762 g/mol. The molecule has 5 aromatic rings. The fourth-order valence-electron chi connectivity index (χ4n) is 9.06. The Hall–Kier alpha value is -4.46. The Labute approximate surface area is 324 Å². The topological polar surface area (TPSA) is 121 Å². The minimum atomic E-state index is -2.89. The highest BCUT2D eigenvalue weighted by Gasteiger charge is 2.66. The van der Waals surface area contributed by atoms with Gasteiger partial charge < -0.3 is 19.5 Å². The van der Waals surface area contributed by atoms with E-state index in [0.29, 0.717) is 31.5 Å². The third-order valence-corrected chi connectivity index (χ3v) is 14.5. The Morgan fingerprint density at radius 1 is 0.963 bits per heavy atom. The quantitative estimate of drug-likeness (QED) is 0.143. The summed E-state index contributed by atoms with van der Waals surface area (Å²) in [6.07, 6.45) is 3.10.